The first-order valence-electron chi connectivity index (χ1n) is 14.7. The Balaban J connectivity index is 1.22. The van der Waals surface area contributed by atoms with E-state index in [1.807, 2.05) is 25.1 Å². The Hall–Kier alpha value is -2.77. The maximum absolute atomic E-state index is 14.4. The molecule has 222 valence electrons. The van der Waals surface area contributed by atoms with E-state index < -0.39 is 11.8 Å². The predicted molar refractivity (Wildman–Crippen MR) is 165 cm³/mol. The van der Waals surface area contributed by atoms with Crippen LogP contribution in [-0.2, 0) is 13.1 Å². The van der Waals surface area contributed by atoms with Gasteiger partial charge in [-0.3, -0.25) is 9.69 Å². The summed E-state index contributed by atoms with van der Waals surface area (Å²) < 4.78 is 21.6. The number of phenolic OH excluding ortho intramolecular Hbond substituents is 1. The van der Waals surface area contributed by atoms with Gasteiger partial charge in [-0.15, -0.1) is 0 Å². The Labute approximate surface area is 257 Å². The van der Waals surface area contributed by atoms with Crippen LogP contribution in [0, 0.1) is 3.57 Å². The number of anilines is 1. The van der Waals surface area contributed by atoms with Crippen molar-refractivity contribution in [1.29, 1.82) is 0 Å². The van der Waals surface area contributed by atoms with Crippen LogP contribution in [0.3, 0.4) is 0 Å². The molecule has 3 fully saturated rings. The highest BCUT2D eigenvalue weighted by Crippen LogP contribution is 2.41. The molecular formula is C31H35FIN5O4. The van der Waals surface area contributed by atoms with E-state index in [-0.39, 0.29) is 29.8 Å². The Bertz CT molecular complexity index is 1570. The number of phenols is 1. The molecule has 0 spiro atoms. The van der Waals surface area contributed by atoms with Crippen LogP contribution in [0.5, 0.6) is 11.8 Å². The lowest BCUT2D eigenvalue weighted by Crippen LogP contribution is -2.47. The van der Waals surface area contributed by atoms with E-state index in [1.165, 1.54) is 6.07 Å². The second-order valence-electron chi connectivity index (χ2n) is 12.6. The summed E-state index contributed by atoms with van der Waals surface area (Å²) in [7, 11) is 0. The number of aromatic nitrogens is 2. The molecule has 1 amide bonds. The van der Waals surface area contributed by atoms with Crippen molar-refractivity contribution in [2.24, 2.45) is 0 Å². The number of halogens is 2. The van der Waals surface area contributed by atoms with Gasteiger partial charge in [-0.25, -0.2) is 4.39 Å². The number of benzene rings is 2. The van der Waals surface area contributed by atoms with Crippen LogP contribution in [0.1, 0.15) is 60.6 Å². The minimum absolute atomic E-state index is 0.0408. The number of β-amino-alcohol motifs (C(OH)–C–C–N with tert-alkyl or cyclic N) is 1. The number of hydrogen-bond donors (Lipinski definition) is 2. The van der Waals surface area contributed by atoms with Crippen molar-refractivity contribution in [2.45, 2.75) is 69.4 Å². The minimum atomic E-state index is -0.855. The molecule has 4 aliphatic rings. The molecule has 7 rings (SSSR count). The van der Waals surface area contributed by atoms with Gasteiger partial charge in [-0.05, 0) is 85.3 Å². The summed E-state index contributed by atoms with van der Waals surface area (Å²) in [6.07, 6.45) is 3.04. The average Bonchev–Trinajstić information content (AvgIpc) is 3.62. The molecule has 0 radical (unpaired) electrons. The van der Waals surface area contributed by atoms with Crippen molar-refractivity contribution >= 4 is 45.1 Å². The molecule has 9 nitrogen and oxygen atoms in total. The fourth-order valence-corrected chi connectivity index (χ4v) is 8.25. The summed E-state index contributed by atoms with van der Waals surface area (Å²) >= 11 is 2.22. The lowest BCUT2D eigenvalue weighted by Gasteiger charge is -2.38. The Morgan fingerprint density at radius 1 is 1.19 bits per heavy atom. The molecule has 0 aliphatic carbocycles. The van der Waals surface area contributed by atoms with Gasteiger partial charge in [-0.1, -0.05) is 12.1 Å². The maximum atomic E-state index is 14.4. The van der Waals surface area contributed by atoms with Gasteiger partial charge in [0.05, 0.1) is 35.5 Å². The van der Waals surface area contributed by atoms with E-state index in [2.05, 4.69) is 32.4 Å². The highest BCUT2D eigenvalue weighted by Gasteiger charge is 2.49. The topological polar surface area (TPSA) is 102 Å². The van der Waals surface area contributed by atoms with E-state index >= 15 is 0 Å². The molecule has 0 saturated carbocycles. The van der Waals surface area contributed by atoms with Crippen molar-refractivity contribution in [3.63, 3.8) is 0 Å². The molecule has 3 atom stereocenters. The number of piperidine rings is 1. The number of alkyl halides is 1. The molecule has 3 saturated heterocycles. The van der Waals surface area contributed by atoms with Crippen molar-refractivity contribution in [1.82, 2.24) is 19.8 Å². The summed E-state index contributed by atoms with van der Waals surface area (Å²) in [4.78, 5) is 29.6. The highest BCUT2D eigenvalue weighted by atomic mass is 127. The highest BCUT2D eigenvalue weighted by molar-refractivity contribution is 14.1. The monoisotopic (exact) mass is 687 g/mol. The summed E-state index contributed by atoms with van der Waals surface area (Å²) in [5.74, 6) is 0.521. The van der Waals surface area contributed by atoms with Crippen LogP contribution in [0.25, 0.3) is 10.8 Å². The first-order chi connectivity index (χ1) is 20.1. The van der Waals surface area contributed by atoms with E-state index in [4.69, 9.17) is 14.7 Å². The van der Waals surface area contributed by atoms with Crippen LogP contribution in [0.2, 0.25) is 0 Å². The van der Waals surface area contributed by atoms with Crippen LogP contribution in [0.4, 0.5) is 10.2 Å². The third-order valence-electron chi connectivity index (χ3n) is 9.37. The van der Waals surface area contributed by atoms with Gasteiger partial charge in [0.15, 0.2) is 0 Å². The third kappa shape index (κ3) is 4.96. The van der Waals surface area contributed by atoms with Gasteiger partial charge in [0.25, 0.3) is 5.91 Å². The number of aliphatic hydroxyl groups is 1. The lowest BCUT2D eigenvalue weighted by atomic mass is 9.95. The average molecular weight is 688 g/mol. The first kappa shape index (κ1) is 28.0. The summed E-state index contributed by atoms with van der Waals surface area (Å²) in [5.41, 5.74) is 0.816. The van der Waals surface area contributed by atoms with Crippen LogP contribution < -0.4 is 9.64 Å². The Morgan fingerprint density at radius 2 is 2.02 bits per heavy atom. The number of aromatic hydroxyl groups is 1. The summed E-state index contributed by atoms with van der Waals surface area (Å²) in [5, 5.41) is 22.9. The number of hydrogen-bond acceptors (Lipinski definition) is 8. The van der Waals surface area contributed by atoms with Gasteiger partial charge in [0, 0.05) is 40.6 Å². The number of nitrogens with zero attached hydrogens (tertiary/aromatic N) is 5. The summed E-state index contributed by atoms with van der Waals surface area (Å²) in [6, 6.07) is 9.18. The van der Waals surface area contributed by atoms with Crippen LogP contribution >= 0.6 is 22.6 Å². The predicted octanol–water partition coefficient (Wildman–Crippen LogP) is 4.40. The zero-order valence-electron chi connectivity index (χ0n) is 23.7. The van der Waals surface area contributed by atoms with Crippen molar-refractivity contribution < 1.29 is 24.1 Å². The number of rotatable bonds is 5. The van der Waals surface area contributed by atoms with E-state index in [1.54, 1.807) is 11.0 Å². The largest absolute Gasteiger partial charge is 0.508 e. The normalized spacial score (nSPS) is 27.5. The molecule has 42 heavy (non-hydrogen) atoms. The third-order valence-corrected chi connectivity index (χ3v) is 10.3. The fraction of sp³-hybridized carbons (Fsp3) is 0.516. The van der Waals surface area contributed by atoms with Gasteiger partial charge in [0.2, 0.25) is 0 Å². The van der Waals surface area contributed by atoms with Gasteiger partial charge < -0.3 is 24.7 Å². The molecule has 3 aromatic rings. The van der Waals surface area contributed by atoms with E-state index in [9.17, 15) is 19.4 Å². The van der Waals surface area contributed by atoms with Crippen molar-refractivity contribution in [3.8, 4) is 11.8 Å². The van der Waals surface area contributed by atoms with Gasteiger partial charge in [-0.2, -0.15) is 9.97 Å². The molecule has 0 bridgehead atoms. The Kier molecular flexibility index (Phi) is 6.97. The van der Waals surface area contributed by atoms with Gasteiger partial charge in [0.1, 0.15) is 24.3 Å². The molecule has 0 unspecified atom stereocenters. The zero-order chi connectivity index (χ0) is 29.2. The molecular weight excluding hydrogens is 652 g/mol. The SMILES string of the molecule is C[C@@]1(O)CCCN(c2nc(OC[C@@]34CCCN3C[C@H](F)C4)nc3c2CN(C(=O)c2cc(O)cc4cccc(I)c24)C3)C1. The standard InChI is InChI=1S/C31H35FIN5O4/c1-30(41)7-3-9-36(17-30)27-23-15-37(28(40)22-12-21(39)11-19-5-2-6-24(33)26(19)22)16-25(23)34-29(35-27)42-18-31-8-4-10-38(31)14-20(32)13-31/h2,5-6,11-12,20,39,41H,3-4,7-10,13-18H2,1H3/t20-,30-,31+/m1/s1. The lowest BCUT2D eigenvalue weighted by molar-refractivity contribution is 0.0445. The van der Waals surface area contributed by atoms with Gasteiger partial charge >= 0.3 is 6.01 Å². The number of amides is 1. The fourth-order valence-electron chi connectivity index (χ4n) is 7.44. The van der Waals surface area contributed by atoms with Crippen molar-refractivity contribution in [3.05, 3.63) is 50.7 Å². The molecule has 1 aromatic heterocycles. The Morgan fingerprint density at radius 3 is 2.86 bits per heavy atom. The number of carbonyl (C=O) groups is 1. The molecule has 4 aliphatic heterocycles. The minimum Gasteiger partial charge on any atom is -0.508 e. The zero-order valence-corrected chi connectivity index (χ0v) is 25.8. The van der Waals surface area contributed by atoms with Crippen LogP contribution in [0.15, 0.2) is 30.3 Å². The number of ether oxygens (including phenoxy) is 1. The van der Waals surface area contributed by atoms with Crippen LogP contribution in [-0.4, -0.2) is 86.0 Å². The molecule has 5 heterocycles. The summed E-state index contributed by atoms with van der Waals surface area (Å²) in [6.45, 7) is 5.21. The maximum Gasteiger partial charge on any atom is 0.318 e. The second kappa shape index (κ2) is 10.4. The molecule has 2 N–H and O–H groups in total. The second-order valence-corrected chi connectivity index (χ2v) is 13.8. The number of fused-ring (bicyclic) bond motifs is 3. The quantitative estimate of drug-likeness (QED) is 0.381. The van der Waals surface area contributed by atoms with E-state index in [0.29, 0.717) is 56.2 Å². The van der Waals surface area contributed by atoms with Crippen molar-refractivity contribution in [2.75, 3.05) is 37.7 Å². The molecule has 2 aromatic carbocycles. The smallest absolute Gasteiger partial charge is 0.318 e. The van der Waals surface area contributed by atoms with E-state index in [0.717, 1.165) is 52.3 Å². The first-order valence-corrected chi connectivity index (χ1v) is 15.8. The molecule has 11 heteroatoms. The number of carbonyl (C=O) groups excluding carboxylic acids is 1.